The van der Waals surface area contributed by atoms with E-state index in [0.717, 1.165) is 33.3 Å². The summed E-state index contributed by atoms with van der Waals surface area (Å²) in [4.78, 5) is 25.1. The lowest BCUT2D eigenvalue weighted by atomic mass is 9.85. The number of halogens is 1. The van der Waals surface area contributed by atoms with E-state index in [0.29, 0.717) is 22.9 Å². The standard InChI is InChI=1S/C34H39ClN2O4/c1-20-22(3)37(19-24-12-14-29(35)31(16-24)41-23(4)33(39)40-8)30-15-13-26(18-28(20)30)32(38)36-21(2)25-10-9-11-27(17-25)34(5,6)7/h9-18,21,23H,19H2,1-8H3,(H,36,38). The summed E-state index contributed by atoms with van der Waals surface area (Å²) in [6, 6.07) is 19.7. The Hall–Kier alpha value is -3.77. The molecule has 1 N–H and O–H groups in total. The van der Waals surface area contributed by atoms with Crippen LogP contribution in [0.15, 0.2) is 60.7 Å². The second-order valence-corrected chi connectivity index (χ2v) is 12.1. The van der Waals surface area contributed by atoms with E-state index in [4.69, 9.17) is 21.1 Å². The maximum atomic E-state index is 13.3. The van der Waals surface area contributed by atoms with Crippen LogP contribution in [0.2, 0.25) is 5.02 Å². The van der Waals surface area contributed by atoms with Crippen LogP contribution >= 0.6 is 11.6 Å². The number of nitrogens with zero attached hydrogens (tertiary/aromatic N) is 1. The number of nitrogens with one attached hydrogen (secondary N) is 1. The number of aryl methyl sites for hydroxylation is 1. The number of rotatable bonds is 8. The molecule has 0 bridgehead atoms. The maximum Gasteiger partial charge on any atom is 0.346 e. The van der Waals surface area contributed by atoms with Crippen molar-refractivity contribution in [3.63, 3.8) is 0 Å². The number of benzene rings is 3. The number of hydrogen-bond donors (Lipinski definition) is 1. The summed E-state index contributed by atoms with van der Waals surface area (Å²) >= 11 is 6.35. The van der Waals surface area contributed by atoms with Crippen molar-refractivity contribution >= 4 is 34.4 Å². The minimum Gasteiger partial charge on any atom is -0.477 e. The van der Waals surface area contributed by atoms with Crippen LogP contribution in [0, 0.1) is 13.8 Å². The topological polar surface area (TPSA) is 69.6 Å². The van der Waals surface area contributed by atoms with Gasteiger partial charge in [-0.15, -0.1) is 0 Å². The van der Waals surface area contributed by atoms with Crippen molar-refractivity contribution in [2.45, 2.75) is 72.6 Å². The number of methoxy groups -OCH3 is 1. The fourth-order valence-corrected chi connectivity index (χ4v) is 5.12. The number of aromatic nitrogens is 1. The number of carbonyl (C=O) groups is 2. The van der Waals surface area contributed by atoms with Crippen LogP contribution in [0.5, 0.6) is 5.75 Å². The minimum absolute atomic E-state index is 0.0371. The van der Waals surface area contributed by atoms with Crippen molar-refractivity contribution in [3.05, 3.63) is 99.2 Å². The number of hydrogen-bond acceptors (Lipinski definition) is 4. The largest absolute Gasteiger partial charge is 0.477 e. The van der Waals surface area contributed by atoms with E-state index in [1.54, 1.807) is 13.0 Å². The highest BCUT2D eigenvalue weighted by Gasteiger charge is 2.20. The van der Waals surface area contributed by atoms with Gasteiger partial charge >= 0.3 is 5.97 Å². The lowest BCUT2D eigenvalue weighted by Crippen LogP contribution is -2.27. The van der Waals surface area contributed by atoms with Gasteiger partial charge in [0.05, 0.1) is 18.2 Å². The molecule has 2 unspecified atom stereocenters. The first kappa shape index (κ1) is 30.2. The Balaban J connectivity index is 1.57. The van der Waals surface area contributed by atoms with E-state index < -0.39 is 12.1 Å². The first-order valence-electron chi connectivity index (χ1n) is 13.8. The van der Waals surface area contributed by atoms with E-state index in [1.165, 1.54) is 12.7 Å². The molecule has 1 aromatic heterocycles. The molecule has 6 nitrogen and oxygen atoms in total. The Labute approximate surface area is 247 Å². The predicted octanol–water partition coefficient (Wildman–Crippen LogP) is 7.69. The molecule has 0 fully saturated rings. The molecule has 3 aromatic carbocycles. The third kappa shape index (κ3) is 6.59. The van der Waals surface area contributed by atoms with Crippen LogP contribution in [0.25, 0.3) is 10.9 Å². The zero-order valence-corrected chi connectivity index (χ0v) is 25.8. The summed E-state index contributed by atoms with van der Waals surface area (Å²) < 4.78 is 12.7. The molecule has 0 aliphatic heterocycles. The summed E-state index contributed by atoms with van der Waals surface area (Å²) in [5.41, 5.74) is 7.19. The molecule has 4 rings (SSSR count). The van der Waals surface area contributed by atoms with E-state index in [2.05, 4.69) is 68.8 Å². The quantitative estimate of drug-likeness (QED) is 0.219. The third-order valence-corrected chi connectivity index (χ3v) is 7.99. The number of esters is 1. The zero-order chi connectivity index (χ0) is 30.1. The van der Waals surface area contributed by atoms with Gasteiger partial charge in [0, 0.05) is 28.7 Å². The number of amides is 1. The highest BCUT2D eigenvalue weighted by Crippen LogP contribution is 2.31. The Morgan fingerprint density at radius 3 is 2.41 bits per heavy atom. The third-order valence-electron chi connectivity index (χ3n) is 7.67. The fourth-order valence-electron chi connectivity index (χ4n) is 4.96. The molecule has 0 saturated carbocycles. The van der Waals surface area contributed by atoms with Gasteiger partial charge in [-0.05, 0) is 85.7 Å². The second kappa shape index (κ2) is 12.0. The van der Waals surface area contributed by atoms with Crippen molar-refractivity contribution in [2.75, 3.05) is 7.11 Å². The van der Waals surface area contributed by atoms with Gasteiger partial charge in [-0.2, -0.15) is 0 Å². The van der Waals surface area contributed by atoms with Gasteiger partial charge in [0.15, 0.2) is 6.10 Å². The molecule has 1 amide bonds. The average molecular weight is 575 g/mol. The van der Waals surface area contributed by atoms with Gasteiger partial charge < -0.3 is 19.4 Å². The molecule has 0 aliphatic carbocycles. The van der Waals surface area contributed by atoms with Crippen LogP contribution in [-0.4, -0.2) is 29.7 Å². The van der Waals surface area contributed by atoms with E-state index in [9.17, 15) is 9.59 Å². The first-order valence-corrected chi connectivity index (χ1v) is 14.2. The lowest BCUT2D eigenvalue weighted by molar-refractivity contribution is -0.147. The Kier molecular flexibility index (Phi) is 8.83. The van der Waals surface area contributed by atoms with Crippen molar-refractivity contribution in [3.8, 4) is 5.75 Å². The molecule has 7 heteroatoms. The Morgan fingerprint density at radius 2 is 1.73 bits per heavy atom. The molecular formula is C34H39ClN2O4. The van der Waals surface area contributed by atoms with Crippen molar-refractivity contribution < 1.29 is 19.1 Å². The van der Waals surface area contributed by atoms with Gasteiger partial charge in [0.2, 0.25) is 0 Å². The van der Waals surface area contributed by atoms with Gasteiger partial charge in [0.25, 0.3) is 5.91 Å². The SMILES string of the molecule is COC(=O)C(C)Oc1cc(Cn2c(C)c(C)c3cc(C(=O)NC(C)c4cccc(C(C)(C)C)c4)ccc32)ccc1Cl. The molecule has 4 aromatic rings. The average Bonchev–Trinajstić information content (AvgIpc) is 3.17. The Bertz CT molecular complexity index is 1600. The van der Waals surface area contributed by atoms with Crippen molar-refractivity contribution in [2.24, 2.45) is 0 Å². The number of carbonyl (C=O) groups excluding carboxylic acids is 2. The van der Waals surface area contributed by atoms with Crippen LogP contribution in [0.1, 0.15) is 79.0 Å². The highest BCUT2D eigenvalue weighted by molar-refractivity contribution is 6.32. The van der Waals surface area contributed by atoms with E-state index in [1.807, 2.05) is 37.3 Å². The number of fused-ring (bicyclic) bond motifs is 1. The smallest absolute Gasteiger partial charge is 0.346 e. The molecule has 1 heterocycles. The summed E-state index contributed by atoms with van der Waals surface area (Å²) in [6.45, 7) is 14.9. The van der Waals surface area contributed by atoms with Gasteiger partial charge in [-0.1, -0.05) is 62.7 Å². The minimum atomic E-state index is -0.779. The molecule has 0 saturated heterocycles. The normalized spacial score (nSPS) is 13.1. The van der Waals surface area contributed by atoms with Crippen LogP contribution in [0.3, 0.4) is 0 Å². The predicted molar refractivity (Wildman–Crippen MR) is 165 cm³/mol. The molecule has 0 aliphatic rings. The highest BCUT2D eigenvalue weighted by atomic mass is 35.5. The lowest BCUT2D eigenvalue weighted by Gasteiger charge is -2.22. The summed E-state index contributed by atoms with van der Waals surface area (Å²) in [5, 5.41) is 4.62. The Morgan fingerprint density at radius 1 is 1.00 bits per heavy atom. The molecule has 41 heavy (non-hydrogen) atoms. The van der Waals surface area contributed by atoms with Crippen LogP contribution in [0.4, 0.5) is 0 Å². The fraction of sp³-hybridized carbons (Fsp3) is 0.353. The van der Waals surface area contributed by atoms with Gasteiger partial charge in [0.1, 0.15) is 5.75 Å². The van der Waals surface area contributed by atoms with E-state index >= 15 is 0 Å². The van der Waals surface area contributed by atoms with Crippen molar-refractivity contribution in [1.82, 2.24) is 9.88 Å². The number of ether oxygens (including phenoxy) is 2. The molecule has 0 radical (unpaired) electrons. The molecule has 2 atom stereocenters. The van der Waals surface area contributed by atoms with E-state index in [-0.39, 0.29) is 17.4 Å². The van der Waals surface area contributed by atoms with Crippen molar-refractivity contribution in [1.29, 1.82) is 0 Å². The second-order valence-electron chi connectivity index (χ2n) is 11.6. The summed E-state index contributed by atoms with van der Waals surface area (Å²) in [7, 11) is 1.32. The summed E-state index contributed by atoms with van der Waals surface area (Å²) in [5.74, 6) is -0.152. The van der Waals surface area contributed by atoms with Crippen LogP contribution < -0.4 is 10.1 Å². The molecule has 216 valence electrons. The van der Waals surface area contributed by atoms with Gasteiger partial charge in [-0.3, -0.25) is 4.79 Å². The monoisotopic (exact) mass is 574 g/mol. The van der Waals surface area contributed by atoms with Crippen LogP contribution in [-0.2, 0) is 21.5 Å². The first-order chi connectivity index (χ1) is 19.3. The molecule has 0 spiro atoms. The van der Waals surface area contributed by atoms with Gasteiger partial charge in [-0.25, -0.2) is 4.79 Å². The summed E-state index contributed by atoms with van der Waals surface area (Å²) in [6.07, 6.45) is -0.779. The molecular weight excluding hydrogens is 536 g/mol. The zero-order valence-electron chi connectivity index (χ0n) is 25.1. The maximum absolute atomic E-state index is 13.3.